The van der Waals surface area contributed by atoms with E-state index in [9.17, 15) is 9.59 Å². The van der Waals surface area contributed by atoms with Crippen LogP contribution in [0.1, 0.15) is 23.2 Å². The first-order valence-corrected chi connectivity index (χ1v) is 11.8. The number of para-hydroxylation sites is 1. The van der Waals surface area contributed by atoms with E-state index in [-0.39, 0.29) is 11.9 Å². The van der Waals surface area contributed by atoms with Gasteiger partial charge in [-0.25, -0.2) is 4.79 Å². The highest BCUT2D eigenvalue weighted by Gasteiger charge is 2.40. The van der Waals surface area contributed by atoms with Crippen LogP contribution in [0.5, 0.6) is 5.75 Å². The Kier molecular flexibility index (Phi) is 5.63. The second-order valence-electron chi connectivity index (χ2n) is 8.01. The van der Waals surface area contributed by atoms with Crippen molar-refractivity contribution in [2.75, 3.05) is 31.2 Å². The van der Waals surface area contributed by atoms with Crippen LogP contribution in [-0.4, -0.2) is 68.5 Å². The van der Waals surface area contributed by atoms with E-state index in [1.807, 2.05) is 48.7 Å². The molecule has 170 valence electrons. The number of ether oxygens (including phenoxy) is 1. The molecule has 33 heavy (non-hydrogen) atoms. The maximum absolute atomic E-state index is 12.9. The van der Waals surface area contributed by atoms with Gasteiger partial charge in [0.15, 0.2) is 0 Å². The lowest BCUT2D eigenvalue weighted by molar-refractivity contribution is 0.0173. The van der Waals surface area contributed by atoms with Crippen LogP contribution in [-0.2, 0) is 0 Å². The van der Waals surface area contributed by atoms with Crippen LogP contribution < -0.4 is 15.4 Å². The van der Waals surface area contributed by atoms with Gasteiger partial charge in [-0.1, -0.05) is 30.0 Å². The van der Waals surface area contributed by atoms with Crippen molar-refractivity contribution in [1.29, 1.82) is 0 Å². The number of amides is 3. The van der Waals surface area contributed by atoms with Crippen LogP contribution in [0.4, 0.5) is 10.5 Å². The fourth-order valence-electron chi connectivity index (χ4n) is 4.13. The molecule has 0 radical (unpaired) electrons. The molecule has 2 aromatic carbocycles. The van der Waals surface area contributed by atoms with Crippen molar-refractivity contribution in [2.45, 2.75) is 23.6 Å². The number of benzene rings is 2. The minimum Gasteiger partial charge on any atom is -0.484 e. The van der Waals surface area contributed by atoms with E-state index in [4.69, 9.17) is 4.74 Å². The molecule has 1 saturated heterocycles. The number of aromatic nitrogens is 4. The number of nitrogens with zero attached hydrogens (tertiary/aromatic N) is 5. The normalized spacial score (nSPS) is 17.0. The summed E-state index contributed by atoms with van der Waals surface area (Å²) in [5.74, 6) is 0.462. The van der Waals surface area contributed by atoms with Gasteiger partial charge in [0.05, 0.1) is 17.8 Å². The van der Waals surface area contributed by atoms with Gasteiger partial charge in [0.1, 0.15) is 11.4 Å². The average molecular weight is 466 g/mol. The Balaban J connectivity index is 1.25. The van der Waals surface area contributed by atoms with Crippen LogP contribution in [0.15, 0.2) is 53.7 Å². The number of hydrogen-bond acceptors (Lipinski definition) is 7. The number of nitrogens with one attached hydrogen (secondary N) is 2. The number of fused-ring (bicyclic) bond motifs is 1. The average Bonchev–Trinajstić information content (AvgIpc) is 3.28. The van der Waals surface area contributed by atoms with Gasteiger partial charge in [0, 0.05) is 31.6 Å². The molecular weight excluding hydrogens is 442 g/mol. The Morgan fingerprint density at radius 2 is 2.00 bits per heavy atom. The van der Waals surface area contributed by atoms with E-state index in [1.54, 1.807) is 15.6 Å². The van der Waals surface area contributed by atoms with E-state index < -0.39 is 5.60 Å². The molecule has 2 aliphatic rings. The molecule has 0 unspecified atom stereocenters. The van der Waals surface area contributed by atoms with E-state index in [2.05, 4.69) is 26.2 Å². The molecule has 3 aromatic rings. The quantitative estimate of drug-likeness (QED) is 0.572. The first kappa shape index (κ1) is 21.3. The molecule has 1 fully saturated rings. The van der Waals surface area contributed by atoms with Crippen LogP contribution in [0.3, 0.4) is 0 Å². The van der Waals surface area contributed by atoms with Gasteiger partial charge < -0.3 is 20.3 Å². The lowest BCUT2D eigenvalue weighted by Gasteiger charge is -2.41. The zero-order valence-electron chi connectivity index (χ0n) is 18.0. The Morgan fingerprint density at radius 1 is 1.18 bits per heavy atom. The lowest BCUT2D eigenvalue weighted by Crippen LogP contribution is -2.54. The second kappa shape index (κ2) is 8.74. The van der Waals surface area contributed by atoms with Crippen LogP contribution in [0.2, 0.25) is 0 Å². The smallest absolute Gasteiger partial charge is 0.321 e. The zero-order valence-corrected chi connectivity index (χ0v) is 18.8. The van der Waals surface area contributed by atoms with Gasteiger partial charge in [-0.15, -0.1) is 5.10 Å². The molecule has 0 atom stereocenters. The van der Waals surface area contributed by atoms with Crippen LogP contribution >= 0.6 is 11.8 Å². The van der Waals surface area contributed by atoms with Crippen molar-refractivity contribution in [3.63, 3.8) is 0 Å². The van der Waals surface area contributed by atoms with Crippen molar-refractivity contribution in [3.05, 3.63) is 54.1 Å². The standard InChI is InChI=1S/C22H23N7O3S/c1-33-21-25-26-27-29(21)16-6-4-5-15(13-16)24-20(31)28-11-9-22(10-12-28)14-23-19(30)17-7-2-3-8-18(17)32-22/h2-8,13H,9-12,14H2,1H3,(H,23,30)(H,24,31). The van der Waals surface area contributed by atoms with Crippen LogP contribution in [0, 0.1) is 0 Å². The van der Waals surface area contributed by atoms with E-state index in [1.165, 1.54) is 11.8 Å². The summed E-state index contributed by atoms with van der Waals surface area (Å²) in [4.78, 5) is 27.1. The number of thioether (sulfide) groups is 1. The first-order valence-electron chi connectivity index (χ1n) is 10.6. The highest BCUT2D eigenvalue weighted by molar-refractivity contribution is 7.98. The Morgan fingerprint density at radius 3 is 2.82 bits per heavy atom. The summed E-state index contributed by atoms with van der Waals surface area (Å²) < 4.78 is 7.94. The largest absolute Gasteiger partial charge is 0.484 e. The number of rotatable bonds is 3. The number of anilines is 1. The van der Waals surface area contributed by atoms with E-state index in [0.717, 1.165) is 5.69 Å². The fraction of sp³-hybridized carbons (Fsp3) is 0.318. The molecule has 2 N–H and O–H groups in total. The molecule has 0 aliphatic carbocycles. The fourth-order valence-corrected chi connectivity index (χ4v) is 4.56. The van der Waals surface area contributed by atoms with Gasteiger partial charge >= 0.3 is 6.03 Å². The number of tetrazole rings is 1. The topological polar surface area (TPSA) is 114 Å². The van der Waals surface area contributed by atoms with Gasteiger partial charge in [0.25, 0.3) is 5.91 Å². The molecule has 0 saturated carbocycles. The number of likely N-dealkylation sites (tertiary alicyclic amines) is 1. The molecule has 1 spiro atoms. The Hall–Kier alpha value is -3.60. The minimum absolute atomic E-state index is 0.130. The van der Waals surface area contributed by atoms with Crippen molar-refractivity contribution >= 4 is 29.4 Å². The minimum atomic E-state index is -0.521. The molecule has 2 aliphatic heterocycles. The molecule has 11 heteroatoms. The maximum atomic E-state index is 12.9. The highest BCUT2D eigenvalue weighted by atomic mass is 32.2. The van der Waals surface area contributed by atoms with Gasteiger partial charge in [0.2, 0.25) is 5.16 Å². The van der Waals surface area contributed by atoms with Gasteiger partial charge in [-0.3, -0.25) is 4.79 Å². The summed E-state index contributed by atoms with van der Waals surface area (Å²) in [7, 11) is 0. The number of carbonyl (C=O) groups is 2. The summed E-state index contributed by atoms with van der Waals surface area (Å²) in [5.41, 5.74) is 1.45. The molecule has 10 nitrogen and oxygen atoms in total. The number of piperidine rings is 1. The summed E-state index contributed by atoms with van der Waals surface area (Å²) in [5, 5.41) is 18.3. The predicted octanol–water partition coefficient (Wildman–Crippen LogP) is 2.57. The second-order valence-corrected chi connectivity index (χ2v) is 8.78. The molecule has 3 amide bonds. The third kappa shape index (κ3) is 4.23. The first-order chi connectivity index (χ1) is 16.1. The van der Waals surface area contributed by atoms with Crippen molar-refractivity contribution < 1.29 is 14.3 Å². The summed E-state index contributed by atoms with van der Waals surface area (Å²) >= 11 is 1.44. The Bertz CT molecular complexity index is 1190. The summed E-state index contributed by atoms with van der Waals surface area (Å²) in [6, 6.07) is 14.5. The van der Waals surface area contributed by atoms with Crippen molar-refractivity contribution in [2.24, 2.45) is 0 Å². The zero-order chi connectivity index (χ0) is 22.8. The SMILES string of the molecule is CSc1nnnn1-c1cccc(NC(=O)N2CCC3(CC2)CNC(=O)c2ccccc2O3)c1. The number of urea groups is 1. The molecule has 1 aromatic heterocycles. The lowest BCUT2D eigenvalue weighted by atomic mass is 9.91. The van der Waals surface area contributed by atoms with Crippen molar-refractivity contribution in [3.8, 4) is 11.4 Å². The third-order valence-electron chi connectivity index (χ3n) is 5.96. The van der Waals surface area contributed by atoms with Crippen molar-refractivity contribution in [1.82, 2.24) is 30.4 Å². The number of hydrogen-bond donors (Lipinski definition) is 2. The summed E-state index contributed by atoms with van der Waals surface area (Å²) in [6.07, 6.45) is 3.15. The highest BCUT2D eigenvalue weighted by Crippen LogP contribution is 2.33. The van der Waals surface area contributed by atoms with Gasteiger partial charge in [-0.05, 0) is 47.0 Å². The molecule has 3 heterocycles. The van der Waals surface area contributed by atoms with E-state index in [0.29, 0.717) is 54.6 Å². The Labute approximate surface area is 194 Å². The van der Waals surface area contributed by atoms with Gasteiger partial charge in [-0.2, -0.15) is 4.68 Å². The third-order valence-corrected chi connectivity index (χ3v) is 6.58. The van der Waals surface area contributed by atoms with Crippen LogP contribution in [0.25, 0.3) is 5.69 Å². The van der Waals surface area contributed by atoms with E-state index >= 15 is 0 Å². The maximum Gasteiger partial charge on any atom is 0.321 e. The summed E-state index contributed by atoms with van der Waals surface area (Å²) in [6.45, 7) is 1.46. The predicted molar refractivity (Wildman–Crippen MR) is 123 cm³/mol. The molecule has 5 rings (SSSR count). The molecular formula is C22H23N7O3S. The number of carbonyl (C=O) groups excluding carboxylic acids is 2. The monoisotopic (exact) mass is 465 g/mol. The molecule has 0 bridgehead atoms.